The molecule has 0 fully saturated rings. The van der Waals surface area contributed by atoms with Crippen LogP contribution in [0.15, 0.2) is 36.9 Å². The molecule has 3 heteroatoms. The molecule has 0 aliphatic heterocycles. The molecule has 0 saturated carbocycles. The summed E-state index contributed by atoms with van der Waals surface area (Å²) < 4.78 is 6.22. The smallest absolute Gasteiger partial charge is 0.250 e. The van der Waals surface area contributed by atoms with E-state index >= 15 is 0 Å². The molecular formula is C16H24O2Si. The number of benzene rings is 1. The van der Waals surface area contributed by atoms with Gasteiger partial charge in [0.15, 0.2) is 5.78 Å². The van der Waals surface area contributed by atoms with E-state index in [1.807, 2.05) is 24.3 Å². The molecule has 0 radical (unpaired) electrons. The molecule has 104 valence electrons. The van der Waals surface area contributed by atoms with Crippen molar-refractivity contribution in [3.63, 3.8) is 0 Å². The lowest BCUT2D eigenvalue weighted by atomic mass is 10.1. The predicted molar refractivity (Wildman–Crippen MR) is 83.2 cm³/mol. The van der Waals surface area contributed by atoms with E-state index in [1.54, 1.807) is 0 Å². The van der Waals surface area contributed by atoms with Crippen LogP contribution in [-0.4, -0.2) is 14.1 Å². The molecule has 0 spiro atoms. The van der Waals surface area contributed by atoms with Gasteiger partial charge in [-0.25, -0.2) is 0 Å². The molecule has 0 heterocycles. The molecule has 1 aromatic rings. The van der Waals surface area contributed by atoms with Gasteiger partial charge in [0.25, 0.3) is 0 Å². The summed E-state index contributed by atoms with van der Waals surface area (Å²) in [5.74, 6) is 0.894. The van der Waals surface area contributed by atoms with Crippen LogP contribution in [0, 0.1) is 0 Å². The van der Waals surface area contributed by atoms with E-state index < -0.39 is 8.32 Å². The summed E-state index contributed by atoms with van der Waals surface area (Å²) in [6.45, 7) is 14.6. The minimum absolute atomic E-state index is 0.0319. The van der Waals surface area contributed by atoms with Gasteiger partial charge in [-0.15, -0.1) is 0 Å². The average molecular weight is 276 g/mol. The second kappa shape index (κ2) is 5.74. The van der Waals surface area contributed by atoms with Crippen LogP contribution in [0.2, 0.25) is 18.1 Å². The van der Waals surface area contributed by atoms with Crippen molar-refractivity contribution >= 4 is 14.1 Å². The Labute approximate surface area is 117 Å². The van der Waals surface area contributed by atoms with Crippen molar-refractivity contribution in [2.75, 3.05) is 0 Å². The molecule has 1 rings (SSSR count). The molecule has 0 saturated heterocycles. The standard InChI is InChI=1S/C16H24O2Si/c1-7-14(17)11-13-9-8-10-15(12-13)18-19(5,6)16(2,3)4/h7-10,12H,1,11H2,2-6H3. The van der Waals surface area contributed by atoms with Gasteiger partial charge in [-0.2, -0.15) is 0 Å². The van der Waals surface area contributed by atoms with Crippen molar-refractivity contribution in [1.29, 1.82) is 0 Å². The van der Waals surface area contributed by atoms with Gasteiger partial charge in [0.1, 0.15) is 5.75 Å². The lowest BCUT2D eigenvalue weighted by Crippen LogP contribution is -2.43. The SMILES string of the molecule is C=CC(=O)Cc1cccc(O[Si](C)(C)C(C)(C)C)c1. The van der Waals surface area contributed by atoms with E-state index in [0.717, 1.165) is 11.3 Å². The van der Waals surface area contributed by atoms with Gasteiger partial charge < -0.3 is 4.43 Å². The predicted octanol–water partition coefficient (Wildman–Crippen LogP) is 4.37. The molecule has 19 heavy (non-hydrogen) atoms. The van der Waals surface area contributed by atoms with Crippen LogP contribution < -0.4 is 4.43 Å². The first-order valence-corrected chi connectivity index (χ1v) is 9.50. The van der Waals surface area contributed by atoms with E-state index in [0.29, 0.717) is 6.42 Å². The maximum Gasteiger partial charge on any atom is 0.250 e. The highest BCUT2D eigenvalue weighted by Gasteiger charge is 2.38. The molecule has 0 unspecified atom stereocenters. The van der Waals surface area contributed by atoms with E-state index in [-0.39, 0.29) is 10.8 Å². The highest BCUT2D eigenvalue weighted by Crippen LogP contribution is 2.37. The third-order valence-corrected chi connectivity index (χ3v) is 8.04. The Kier molecular flexibility index (Phi) is 4.74. The van der Waals surface area contributed by atoms with Crippen molar-refractivity contribution in [3.8, 4) is 5.75 Å². The summed E-state index contributed by atoms with van der Waals surface area (Å²) in [4.78, 5) is 11.4. The van der Waals surface area contributed by atoms with Gasteiger partial charge in [0, 0.05) is 6.42 Å². The minimum Gasteiger partial charge on any atom is -0.543 e. The summed E-state index contributed by atoms with van der Waals surface area (Å²) in [6, 6.07) is 7.80. The minimum atomic E-state index is -1.82. The third-order valence-electron chi connectivity index (χ3n) is 3.68. The number of rotatable bonds is 5. The van der Waals surface area contributed by atoms with E-state index in [1.165, 1.54) is 6.08 Å². The maximum absolute atomic E-state index is 11.4. The van der Waals surface area contributed by atoms with Gasteiger partial charge in [-0.3, -0.25) is 4.79 Å². The molecule has 1 aromatic carbocycles. The normalized spacial score (nSPS) is 12.1. The summed E-state index contributed by atoms with van der Waals surface area (Å²) in [7, 11) is -1.82. The highest BCUT2D eigenvalue weighted by molar-refractivity contribution is 6.74. The summed E-state index contributed by atoms with van der Waals surface area (Å²) >= 11 is 0. The fourth-order valence-corrected chi connectivity index (χ4v) is 2.46. The molecule has 0 N–H and O–H groups in total. The average Bonchev–Trinajstić information content (AvgIpc) is 2.27. The van der Waals surface area contributed by atoms with E-state index in [4.69, 9.17) is 4.43 Å². The first-order chi connectivity index (χ1) is 8.65. The molecule has 0 aromatic heterocycles. The van der Waals surface area contributed by atoms with Crippen LogP contribution in [0.5, 0.6) is 5.75 Å². The molecule has 0 aliphatic rings. The molecular weight excluding hydrogens is 252 g/mol. The molecule has 2 nitrogen and oxygen atoms in total. The van der Waals surface area contributed by atoms with E-state index in [9.17, 15) is 4.79 Å². The van der Waals surface area contributed by atoms with Gasteiger partial charge in [-0.1, -0.05) is 39.5 Å². The Morgan fingerprint density at radius 2 is 2.00 bits per heavy atom. The Bertz CT molecular complexity index is 470. The van der Waals surface area contributed by atoms with Gasteiger partial charge in [0.05, 0.1) is 0 Å². The summed E-state index contributed by atoms with van der Waals surface area (Å²) in [5.41, 5.74) is 0.973. The van der Waals surface area contributed by atoms with Crippen LogP contribution in [0.25, 0.3) is 0 Å². The second-order valence-electron chi connectivity index (χ2n) is 6.36. The largest absolute Gasteiger partial charge is 0.543 e. The van der Waals surface area contributed by atoms with Crippen molar-refractivity contribution in [3.05, 3.63) is 42.5 Å². The Hall–Kier alpha value is -1.35. The molecule has 0 aliphatic carbocycles. The number of hydrogen-bond acceptors (Lipinski definition) is 2. The fraction of sp³-hybridized carbons (Fsp3) is 0.438. The first-order valence-electron chi connectivity index (χ1n) is 6.59. The Balaban J connectivity index is 2.89. The zero-order chi connectivity index (χ0) is 14.7. The maximum atomic E-state index is 11.4. The van der Waals surface area contributed by atoms with Gasteiger partial charge in [-0.05, 0) is 41.9 Å². The third kappa shape index (κ3) is 4.35. The van der Waals surface area contributed by atoms with Crippen molar-refractivity contribution in [1.82, 2.24) is 0 Å². The monoisotopic (exact) mass is 276 g/mol. The van der Waals surface area contributed by atoms with E-state index in [2.05, 4.69) is 40.4 Å². The quantitative estimate of drug-likeness (QED) is 0.589. The van der Waals surface area contributed by atoms with Crippen molar-refractivity contribution in [2.24, 2.45) is 0 Å². The molecule has 0 bridgehead atoms. The summed E-state index contributed by atoms with van der Waals surface area (Å²) in [6.07, 6.45) is 1.75. The van der Waals surface area contributed by atoms with Crippen molar-refractivity contribution in [2.45, 2.75) is 45.3 Å². The van der Waals surface area contributed by atoms with Gasteiger partial charge >= 0.3 is 0 Å². The Morgan fingerprint density at radius 3 is 2.53 bits per heavy atom. The van der Waals surface area contributed by atoms with Crippen LogP contribution in [0.3, 0.4) is 0 Å². The Morgan fingerprint density at radius 1 is 1.37 bits per heavy atom. The first kappa shape index (κ1) is 15.7. The van der Waals surface area contributed by atoms with Crippen molar-refractivity contribution < 1.29 is 9.22 Å². The number of hydrogen-bond donors (Lipinski definition) is 0. The lowest BCUT2D eigenvalue weighted by Gasteiger charge is -2.36. The van der Waals surface area contributed by atoms with Gasteiger partial charge in [0.2, 0.25) is 8.32 Å². The topological polar surface area (TPSA) is 26.3 Å². The number of allylic oxidation sites excluding steroid dienone is 1. The molecule has 0 amide bonds. The van der Waals surface area contributed by atoms with Crippen LogP contribution in [-0.2, 0) is 11.2 Å². The molecule has 0 atom stereocenters. The zero-order valence-corrected chi connectivity index (χ0v) is 13.6. The zero-order valence-electron chi connectivity index (χ0n) is 12.6. The fourth-order valence-electron chi connectivity index (χ4n) is 1.44. The number of ketones is 1. The second-order valence-corrected chi connectivity index (χ2v) is 11.1. The van der Waals surface area contributed by atoms with Crippen LogP contribution in [0.1, 0.15) is 26.3 Å². The lowest BCUT2D eigenvalue weighted by molar-refractivity contribution is -0.114. The summed E-state index contributed by atoms with van der Waals surface area (Å²) in [5, 5.41) is 0.167. The highest BCUT2D eigenvalue weighted by atomic mass is 28.4. The number of carbonyl (C=O) groups excluding carboxylic acids is 1. The number of carbonyl (C=O) groups is 1. The van der Waals surface area contributed by atoms with Crippen LogP contribution in [0.4, 0.5) is 0 Å². The van der Waals surface area contributed by atoms with Crippen LogP contribution >= 0.6 is 0 Å².